The minimum absolute atomic E-state index is 0.153. The second-order valence-electron chi connectivity index (χ2n) is 5.54. The van der Waals surface area contributed by atoms with Crippen LogP contribution in [-0.4, -0.2) is 29.2 Å². The number of nitrogens with zero attached hydrogens (tertiary/aromatic N) is 3. The van der Waals surface area contributed by atoms with Gasteiger partial charge in [-0.25, -0.2) is 15.0 Å². The van der Waals surface area contributed by atoms with Gasteiger partial charge in [-0.1, -0.05) is 81.7 Å². The van der Waals surface area contributed by atoms with Gasteiger partial charge in [0.25, 0.3) is 0 Å². The molecule has 0 aliphatic rings. The fourth-order valence-electron chi connectivity index (χ4n) is 2.57. The Labute approximate surface area is 190 Å². The molecule has 0 aliphatic heterocycles. The lowest BCUT2D eigenvalue weighted by Gasteiger charge is -2.16. The first kappa shape index (κ1) is 21.8. The summed E-state index contributed by atoms with van der Waals surface area (Å²) in [6, 6.07) is 9.09. The Morgan fingerprint density at radius 1 is 0.750 bits per heavy atom. The summed E-state index contributed by atoms with van der Waals surface area (Å²) in [5.41, 5.74) is 0.547. The zero-order valence-electron chi connectivity index (χ0n) is 14.3. The molecule has 5 nitrogen and oxygen atoms in total. The third-order valence-electron chi connectivity index (χ3n) is 3.74. The number of fused-ring (bicyclic) bond motifs is 1. The monoisotopic (exact) mass is 499 g/mol. The van der Waals surface area contributed by atoms with Crippen molar-refractivity contribution in [3.63, 3.8) is 0 Å². The molecule has 28 heavy (non-hydrogen) atoms. The number of hydrogen-bond donors (Lipinski definition) is 0. The molecule has 0 radical (unpaired) electrons. The van der Waals surface area contributed by atoms with E-state index in [1.807, 2.05) is 24.3 Å². The minimum Gasteiger partial charge on any atom is -0.496 e. The van der Waals surface area contributed by atoms with Crippen LogP contribution in [0.15, 0.2) is 30.3 Å². The van der Waals surface area contributed by atoms with E-state index in [0.717, 1.165) is 10.8 Å². The van der Waals surface area contributed by atoms with Gasteiger partial charge in [0.1, 0.15) is 11.5 Å². The first-order valence-corrected chi connectivity index (χ1v) is 9.87. The molecule has 148 valence electrons. The molecule has 0 amide bonds. The Bertz CT molecular complexity index is 1000. The van der Waals surface area contributed by atoms with Crippen molar-refractivity contribution in [2.75, 3.05) is 14.2 Å². The van der Waals surface area contributed by atoms with E-state index in [1.54, 1.807) is 13.2 Å². The molecule has 0 atom stereocenters. The molecule has 1 heterocycles. The number of methoxy groups -OCH3 is 2. The summed E-state index contributed by atoms with van der Waals surface area (Å²) < 4.78 is 7.06. The predicted octanol–water partition coefficient (Wildman–Crippen LogP) is 6.36. The van der Waals surface area contributed by atoms with Gasteiger partial charge in [-0.2, -0.15) is 0 Å². The summed E-state index contributed by atoms with van der Waals surface area (Å²) in [5, 5.41) is 1.61. The van der Waals surface area contributed by atoms with Crippen molar-refractivity contribution >= 4 is 80.4 Å². The number of halogens is 6. The molecule has 0 bridgehead atoms. The largest absolute Gasteiger partial charge is 0.496 e. The fraction of sp³-hybridized carbons (Fsp3) is 0.235. The van der Waals surface area contributed by atoms with Crippen molar-refractivity contribution in [1.82, 2.24) is 15.0 Å². The number of ether oxygens (including phenoxy) is 2. The highest BCUT2D eigenvalue weighted by atomic mass is 35.6. The Hall–Kier alpha value is -0.950. The molecule has 2 aromatic carbocycles. The van der Waals surface area contributed by atoms with Crippen LogP contribution in [-0.2, 0) is 7.59 Å². The molecule has 0 saturated carbocycles. The maximum Gasteiger partial charge on any atom is 0.250 e. The average molecular weight is 502 g/mol. The second kappa shape index (κ2) is 8.05. The van der Waals surface area contributed by atoms with Gasteiger partial charge < -0.3 is 9.47 Å². The SMILES string of the molecule is COc1cccc2cc(-c3nc(C(Cl)(Cl)Cl)nc(C(Cl)(Cl)Cl)n3)cc(OC)c12. The Morgan fingerprint density at radius 2 is 1.32 bits per heavy atom. The molecular weight excluding hydrogens is 491 g/mol. The van der Waals surface area contributed by atoms with Crippen LogP contribution < -0.4 is 9.47 Å². The van der Waals surface area contributed by atoms with Gasteiger partial charge in [0, 0.05) is 5.56 Å². The van der Waals surface area contributed by atoms with Crippen LogP contribution in [0.3, 0.4) is 0 Å². The van der Waals surface area contributed by atoms with E-state index < -0.39 is 7.59 Å². The van der Waals surface area contributed by atoms with E-state index in [2.05, 4.69) is 15.0 Å². The van der Waals surface area contributed by atoms with Gasteiger partial charge in [-0.3, -0.25) is 0 Å². The van der Waals surface area contributed by atoms with Crippen molar-refractivity contribution in [3.8, 4) is 22.9 Å². The van der Waals surface area contributed by atoms with E-state index >= 15 is 0 Å². The molecular formula is C17H11Cl6N3O2. The number of rotatable bonds is 3. The smallest absolute Gasteiger partial charge is 0.250 e. The summed E-state index contributed by atoms with van der Waals surface area (Å²) >= 11 is 35.6. The fourth-order valence-corrected chi connectivity index (χ4v) is 3.08. The predicted molar refractivity (Wildman–Crippen MR) is 114 cm³/mol. The van der Waals surface area contributed by atoms with Crippen molar-refractivity contribution in [2.45, 2.75) is 7.59 Å². The lowest BCUT2D eigenvalue weighted by molar-refractivity contribution is 0.405. The van der Waals surface area contributed by atoms with Crippen molar-refractivity contribution in [2.24, 2.45) is 0 Å². The number of aromatic nitrogens is 3. The second-order valence-corrected chi connectivity index (χ2v) is 10.1. The van der Waals surface area contributed by atoms with Gasteiger partial charge in [-0.15, -0.1) is 0 Å². The summed E-state index contributed by atoms with van der Waals surface area (Å²) in [6.45, 7) is 0. The van der Waals surface area contributed by atoms with Gasteiger partial charge in [0.2, 0.25) is 7.59 Å². The van der Waals surface area contributed by atoms with Gasteiger partial charge >= 0.3 is 0 Å². The maximum atomic E-state index is 5.94. The number of alkyl halides is 6. The van der Waals surface area contributed by atoms with Crippen LogP contribution in [0.5, 0.6) is 11.5 Å². The molecule has 3 aromatic rings. The summed E-state index contributed by atoms with van der Waals surface area (Å²) in [6.07, 6.45) is 0. The van der Waals surface area contributed by atoms with Gasteiger partial charge in [0.05, 0.1) is 19.6 Å². The number of hydrogen-bond acceptors (Lipinski definition) is 5. The molecule has 0 fully saturated rings. The molecule has 0 saturated heterocycles. The molecule has 0 spiro atoms. The normalized spacial score (nSPS) is 12.3. The highest BCUT2D eigenvalue weighted by Gasteiger charge is 2.34. The standard InChI is InChI=1S/C17H11Cl6N3O2/c1-27-10-5-3-4-8-6-9(7-11(28-2)12(8)10)13-24-14(16(18,19)20)26-15(25-13)17(21,22)23/h3-7H,1-2H3. The van der Waals surface area contributed by atoms with E-state index in [-0.39, 0.29) is 17.5 Å². The summed E-state index contributed by atoms with van der Waals surface area (Å²) in [7, 11) is 3.12. The molecule has 11 heteroatoms. The number of benzene rings is 2. The zero-order valence-corrected chi connectivity index (χ0v) is 18.8. The highest BCUT2D eigenvalue weighted by Crippen LogP contribution is 2.42. The van der Waals surface area contributed by atoms with E-state index in [4.69, 9.17) is 79.1 Å². The average Bonchev–Trinajstić information content (AvgIpc) is 2.64. The Balaban J connectivity index is 2.30. The van der Waals surface area contributed by atoms with Crippen molar-refractivity contribution in [1.29, 1.82) is 0 Å². The van der Waals surface area contributed by atoms with Crippen LogP contribution >= 0.6 is 69.6 Å². The van der Waals surface area contributed by atoms with Gasteiger partial charge in [-0.05, 0) is 23.6 Å². The minimum atomic E-state index is -1.94. The molecule has 0 aliphatic carbocycles. The quantitative estimate of drug-likeness (QED) is 0.391. The Kier molecular flexibility index (Phi) is 6.26. The van der Waals surface area contributed by atoms with Crippen LogP contribution in [0.25, 0.3) is 22.2 Å². The molecule has 1 aromatic heterocycles. The lowest BCUT2D eigenvalue weighted by Crippen LogP contribution is -2.16. The van der Waals surface area contributed by atoms with Gasteiger partial charge in [0.15, 0.2) is 17.5 Å². The maximum absolute atomic E-state index is 5.94. The van der Waals surface area contributed by atoms with E-state index in [1.165, 1.54) is 7.11 Å². The van der Waals surface area contributed by atoms with Crippen molar-refractivity contribution in [3.05, 3.63) is 42.0 Å². The molecule has 0 unspecified atom stereocenters. The third-order valence-corrected chi connectivity index (χ3v) is 4.76. The third kappa shape index (κ3) is 4.45. The van der Waals surface area contributed by atoms with Crippen LogP contribution in [0.1, 0.15) is 11.6 Å². The first-order chi connectivity index (χ1) is 13.0. The van der Waals surface area contributed by atoms with Crippen molar-refractivity contribution < 1.29 is 9.47 Å². The Morgan fingerprint density at radius 3 is 1.82 bits per heavy atom. The van der Waals surface area contributed by atoms with E-state index in [0.29, 0.717) is 17.1 Å². The van der Waals surface area contributed by atoms with Crippen LogP contribution in [0.4, 0.5) is 0 Å². The highest BCUT2D eigenvalue weighted by molar-refractivity contribution is 6.67. The summed E-state index contributed by atoms with van der Waals surface area (Å²) in [4.78, 5) is 12.4. The molecule has 3 rings (SSSR count). The topological polar surface area (TPSA) is 57.1 Å². The van der Waals surface area contributed by atoms with E-state index in [9.17, 15) is 0 Å². The lowest BCUT2D eigenvalue weighted by atomic mass is 10.0. The van der Waals surface area contributed by atoms with Crippen LogP contribution in [0.2, 0.25) is 0 Å². The van der Waals surface area contributed by atoms with Crippen LogP contribution in [0, 0.1) is 0 Å². The first-order valence-electron chi connectivity index (χ1n) is 7.60. The summed E-state index contributed by atoms with van der Waals surface area (Å²) in [5.74, 6) is 1.000. The zero-order chi connectivity index (χ0) is 20.7. The molecule has 0 N–H and O–H groups in total.